The van der Waals surface area contributed by atoms with E-state index in [1.165, 1.54) is 22.3 Å². The number of methoxy groups -OCH3 is 1. The zero-order valence-electron chi connectivity index (χ0n) is 14.6. The number of rotatable bonds is 7. The molecular weight excluding hydrogens is 286 g/mol. The number of ether oxygens (including phenoxy) is 2. The highest BCUT2D eigenvalue weighted by Gasteiger charge is 2.15. The molecule has 0 spiro atoms. The first-order chi connectivity index (χ1) is 11.0. The molecule has 1 unspecified atom stereocenters. The molecule has 0 saturated carbocycles. The smallest absolute Gasteiger partial charge is 0.122 e. The van der Waals surface area contributed by atoms with E-state index in [0.717, 1.165) is 17.9 Å². The topological polar surface area (TPSA) is 44.5 Å². The molecule has 3 nitrogen and oxygen atoms in total. The summed E-state index contributed by atoms with van der Waals surface area (Å²) < 4.78 is 11.4. The summed E-state index contributed by atoms with van der Waals surface area (Å²) in [7, 11) is 1.70. The SMILES string of the molecule is COc1ccc(C)cc1C(CN)CCOc1ccc(C)c(C)c1. The van der Waals surface area contributed by atoms with Gasteiger partial charge in [-0.1, -0.05) is 23.8 Å². The average Bonchev–Trinajstić information content (AvgIpc) is 2.55. The molecule has 0 heterocycles. The maximum Gasteiger partial charge on any atom is 0.122 e. The van der Waals surface area contributed by atoms with Gasteiger partial charge in [-0.2, -0.15) is 0 Å². The molecule has 0 aliphatic heterocycles. The summed E-state index contributed by atoms with van der Waals surface area (Å²) in [6, 6.07) is 12.4. The molecule has 23 heavy (non-hydrogen) atoms. The molecule has 2 aromatic carbocycles. The first kappa shape index (κ1) is 17.4. The fraction of sp³-hybridized carbons (Fsp3) is 0.400. The lowest BCUT2D eigenvalue weighted by Gasteiger charge is -2.19. The Morgan fingerprint density at radius 3 is 2.43 bits per heavy atom. The van der Waals surface area contributed by atoms with Gasteiger partial charge in [0.15, 0.2) is 0 Å². The van der Waals surface area contributed by atoms with E-state index < -0.39 is 0 Å². The van der Waals surface area contributed by atoms with Crippen molar-refractivity contribution < 1.29 is 9.47 Å². The van der Waals surface area contributed by atoms with Gasteiger partial charge >= 0.3 is 0 Å². The van der Waals surface area contributed by atoms with Crippen molar-refractivity contribution in [2.45, 2.75) is 33.1 Å². The summed E-state index contributed by atoms with van der Waals surface area (Å²) >= 11 is 0. The molecule has 0 radical (unpaired) electrons. The van der Waals surface area contributed by atoms with Gasteiger partial charge in [-0.3, -0.25) is 0 Å². The molecule has 2 aromatic rings. The largest absolute Gasteiger partial charge is 0.496 e. The maximum atomic E-state index is 5.99. The lowest BCUT2D eigenvalue weighted by molar-refractivity contribution is 0.296. The van der Waals surface area contributed by atoms with Crippen molar-refractivity contribution in [1.82, 2.24) is 0 Å². The van der Waals surface area contributed by atoms with Crippen LogP contribution in [0, 0.1) is 20.8 Å². The van der Waals surface area contributed by atoms with Crippen molar-refractivity contribution >= 4 is 0 Å². The van der Waals surface area contributed by atoms with Crippen molar-refractivity contribution in [2.24, 2.45) is 5.73 Å². The molecule has 1 atom stereocenters. The monoisotopic (exact) mass is 313 g/mol. The van der Waals surface area contributed by atoms with Crippen LogP contribution < -0.4 is 15.2 Å². The van der Waals surface area contributed by atoms with Gasteiger partial charge in [0.1, 0.15) is 11.5 Å². The first-order valence-corrected chi connectivity index (χ1v) is 8.09. The summed E-state index contributed by atoms with van der Waals surface area (Å²) in [5.41, 5.74) is 10.9. The van der Waals surface area contributed by atoms with Crippen molar-refractivity contribution in [3.63, 3.8) is 0 Å². The summed E-state index contributed by atoms with van der Waals surface area (Å²) in [5.74, 6) is 2.05. The molecule has 0 bridgehead atoms. The lowest BCUT2D eigenvalue weighted by atomic mass is 9.94. The molecule has 0 aliphatic rings. The highest BCUT2D eigenvalue weighted by atomic mass is 16.5. The van der Waals surface area contributed by atoms with Crippen LogP contribution in [0.3, 0.4) is 0 Å². The summed E-state index contributed by atoms with van der Waals surface area (Å²) in [6.07, 6.45) is 0.864. The van der Waals surface area contributed by atoms with E-state index in [1.807, 2.05) is 12.1 Å². The zero-order valence-corrected chi connectivity index (χ0v) is 14.6. The predicted molar refractivity (Wildman–Crippen MR) is 95.6 cm³/mol. The van der Waals surface area contributed by atoms with E-state index in [9.17, 15) is 0 Å². The summed E-state index contributed by atoms with van der Waals surface area (Å²) in [6.45, 7) is 7.51. The van der Waals surface area contributed by atoms with Crippen LogP contribution in [0.15, 0.2) is 36.4 Å². The standard InChI is InChI=1S/C20H27NO2/c1-14-5-8-20(22-4)19(11-14)17(13-21)9-10-23-18-7-6-15(2)16(3)12-18/h5-8,11-12,17H,9-10,13,21H2,1-4H3. The Morgan fingerprint density at radius 2 is 1.78 bits per heavy atom. The molecule has 124 valence electrons. The Morgan fingerprint density at radius 1 is 1.00 bits per heavy atom. The summed E-state index contributed by atoms with van der Waals surface area (Å²) in [4.78, 5) is 0. The summed E-state index contributed by atoms with van der Waals surface area (Å²) in [5, 5.41) is 0. The van der Waals surface area contributed by atoms with Crippen LogP contribution in [-0.4, -0.2) is 20.3 Å². The number of hydrogen-bond acceptors (Lipinski definition) is 3. The van der Waals surface area contributed by atoms with E-state index >= 15 is 0 Å². The normalized spacial score (nSPS) is 12.0. The van der Waals surface area contributed by atoms with Crippen molar-refractivity contribution in [2.75, 3.05) is 20.3 Å². The molecule has 2 N–H and O–H groups in total. The second-order valence-electron chi connectivity index (χ2n) is 6.06. The fourth-order valence-corrected chi connectivity index (χ4v) is 2.70. The molecular formula is C20H27NO2. The first-order valence-electron chi connectivity index (χ1n) is 8.09. The van der Waals surface area contributed by atoms with Crippen LogP contribution >= 0.6 is 0 Å². The van der Waals surface area contributed by atoms with Crippen LogP contribution in [0.2, 0.25) is 0 Å². The van der Waals surface area contributed by atoms with Crippen LogP contribution in [0.5, 0.6) is 11.5 Å². The molecule has 2 rings (SSSR count). The third-order valence-electron chi connectivity index (χ3n) is 4.32. The van der Waals surface area contributed by atoms with E-state index in [-0.39, 0.29) is 5.92 Å². The minimum Gasteiger partial charge on any atom is -0.496 e. The Kier molecular flexibility index (Phi) is 6.05. The van der Waals surface area contributed by atoms with Crippen LogP contribution in [0.25, 0.3) is 0 Å². The van der Waals surface area contributed by atoms with Gasteiger partial charge in [0.25, 0.3) is 0 Å². The molecule has 0 aliphatic carbocycles. The minimum absolute atomic E-state index is 0.233. The second kappa shape index (κ2) is 8.02. The predicted octanol–water partition coefficient (Wildman–Crippen LogP) is 4.13. The maximum absolute atomic E-state index is 5.99. The van der Waals surface area contributed by atoms with Crippen molar-refractivity contribution in [3.05, 3.63) is 58.7 Å². The van der Waals surface area contributed by atoms with E-state index in [2.05, 4.69) is 45.0 Å². The number of nitrogens with two attached hydrogens (primary N) is 1. The van der Waals surface area contributed by atoms with Gasteiger partial charge in [0.2, 0.25) is 0 Å². The van der Waals surface area contributed by atoms with Gasteiger partial charge in [0, 0.05) is 5.92 Å². The van der Waals surface area contributed by atoms with Gasteiger partial charge in [-0.15, -0.1) is 0 Å². The Hall–Kier alpha value is -2.00. The minimum atomic E-state index is 0.233. The molecule has 0 amide bonds. The third-order valence-corrected chi connectivity index (χ3v) is 4.32. The van der Waals surface area contributed by atoms with Crippen LogP contribution in [0.4, 0.5) is 0 Å². The second-order valence-corrected chi connectivity index (χ2v) is 6.06. The molecule has 3 heteroatoms. The van der Waals surface area contributed by atoms with Crippen molar-refractivity contribution in [1.29, 1.82) is 0 Å². The molecule has 0 aromatic heterocycles. The van der Waals surface area contributed by atoms with Gasteiger partial charge in [-0.05, 0) is 68.6 Å². The number of hydrogen-bond donors (Lipinski definition) is 1. The third kappa shape index (κ3) is 4.49. The van der Waals surface area contributed by atoms with E-state index in [4.69, 9.17) is 15.2 Å². The highest BCUT2D eigenvalue weighted by molar-refractivity contribution is 5.39. The quantitative estimate of drug-likeness (QED) is 0.836. The van der Waals surface area contributed by atoms with Gasteiger partial charge in [-0.25, -0.2) is 0 Å². The zero-order chi connectivity index (χ0) is 16.8. The van der Waals surface area contributed by atoms with E-state index in [1.54, 1.807) is 7.11 Å². The Bertz CT molecular complexity index is 652. The Balaban J connectivity index is 2.02. The molecule has 0 saturated heterocycles. The van der Waals surface area contributed by atoms with Gasteiger partial charge < -0.3 is 15.2 Å². The van der Waals surface area contributed by atoms with Crippen LogP contribution in [-0.2, 0) is 0 Å². The van der Waals surface area contributed by atoms with Crippen LogP contribution in [0.1, 0.15) is 34.6 Å². The average molecular weight is 313 g/mol. The highest BCUT2D eigenvalue weighted by Crippen LogP contribution is 2.29. The number of benzene rings is 2. The fourth-order valence-electron chi connectivity index (χ4n) is 2.70. The van der Waals surface area contributed by atoms with Crippen molar-refractivity contribution in [3.8, 4) is 11.5 Å². The molecule has 0 fully saturated rings. The lowest BCUT2D eigenvalue weighted by Crippen LogP contribution is -2.16. The van der Waals surface area contributed by atoms with Gasteiger partial charge in [0.05, 0.1) is 13.7 Å². The Labute approximate surface area is 139 Å². The number of aryl methyl sites for hydroxylation is 3. The van der Waals surface area contributed by atoms with E-state index in [0.29, 0.717) is 13.2 Å².